The average molecular weight is 937 g/mol. The molecule has 70 heavy (non-hydrogen) atoms. The van der Waals surface area contributed by atoms with E-state index in [1.807, 2.05) is 48.5 Å². The van der Waals surface area contributed by atoms with Crippen molar-refractivity contribution in [3.05, 3.63) is 142 Å². The van der Waals surface area contributed by atoms with E-state index in [1.54, 1.807) is 0 Å². The van der Waals surface area contributed by atoms with Gasteiger partial charge >= 0.3 is 0 Å². The Morgan fingerprint density at radius 2 is 0.557 bits per heavy atom. The SMILES string of the molecule is CCC1CCC(c2ccc(C#N)cc2)CC1.CCCC1CCC(c2ccc(C#N)cc2)CC1.CCCCC1CCC(c2ccc(C#N)cc2)CC1.CCCCCC1CCC(c2ccc(C#N)cc2)CC1. The smallest absolute Gasteiger partial charge is 0.0991 e. The van der Waals surface area contributed by atoms with Gasteiger partial charge in [-0.2, -0.15) is 21.0 Å². The third-order valence-electron chi connectivity index (χ3n) is 16.9. The summed E-state index contributed by atoms with van der Waals surface area (Å²) in [6, 6.07) is 41.5. The highest BCUT2D eigenvalue weighted by Crippen LogP contribution is 2.41. The molecule has 0 amide bonds. The van der Waals surface area contributed by atoms with Crippen LogP contribution in [-0.4, -0.2) is 0 Å². The number of hydrogen-bond acceptors (Lipinski definition) is 4. The van der Waals surface area contributed by atoms with Gasteiger partial charge in [-0.25, -0.2) is 0 Å². The minimum atomic E-state index is 0.732. The van der Waals surface area contributed by atoms with Gasteiger partial charge in [0.15, 0.2) is 0 Å². The molecular weight excluding hydrogens is 849 g/mol. The van der Waals surface area contributed by atoms with E-state index in [4.69, 9.17) is 21.0 Å². The van der Waals surface area contributed by atoms with E-state index in [2.05, 4.69) is 101 Å². The molecule has 4 heteroatoms. The Labute approximate surface area is 426 Å². The summed E-state index contributed by atoms with van der Waals surface area (Å²) in [5.41, 5.74) is 8.81. The first-order valence-corrected chi connectivity index (χ1v) is 28.3. The van der Waals surface area contributed by atoms with Crippen LogP contribution in [0.1, 0.15) is 263 Å². The molecule has 4 fully saturated rings. The summed E-state index contributed by atoms with van der Waals surface area (Å²) in [6.45, 7) is 9.14. The van der Waals surface area contributed by atoms with E-state index in [1.165, 1.54) is 189 Å². The van der Waals surface area contributed by atoms with Gasteiger partial charge in [-0.05, 0) is 221 Å². The summed E-state index contributed by atoms with van der Waals surface area (Å²) >= 11 is 0. The molecule has 0 saturated heterocycles. The lowest BCUT2D eigenvalue weighted by Gasteiger charge is -2.28. The zero-order chi connectivity index (χ0) is 49.8. The summed E-state index contributed by atoms with van der Waals surface area (Å²) in [6.07, 6.45) is 35.6. The Bertz CT molecular complexity index is 2180. The van der Waals surface area contributed by atoms with E-state index in [0.29, 0.717) is 0 Å². The number of unbranched alkanes of at least 4 members (excludes halogenated alkanes) is 3. The molecule has 0 unspecified atom stereocenters. The summed E-state index contributed by atoms with van der Waals surface area (Å²) < 4.78 is 0. The van der Waals surface area contributed by atoms with Crippen molar-refractivity contribution in [1.82, 2.24) is 0 Å². The van der Waals surface area contributed by atoms with E-state index in [9.17, 15) is 0 Å². The first-order valence-electron chi connectivity index (χ1n) is 28.3. The molecule has 4 aliphatic rings. The van der Waals surface area contributed by atoms with Crippen LogP contribution in [0, 0.1) is 69.0 Å². The summed E-state index contributed by atoms with van der Waals surface area (Å²) in [7, 11) is 0. The minimum absolute atomic E-state index is 0.732. The van der Waals surface area contributed by atoms with Crippen LogP contribution in [0.15, 0.2) is 97.1 Å². The maximum atomic E-state index is 8.83. The third kappa shape index (κ3) is 18.9. The van der Waals surface area contributed by atoms with Crippen molar-refractivity contribution in [2.24, 2.45) is 23.7 Å². The predicted octanol–water partition coefficient (Wildman–Crippen LogP) is 19.3. The molecule has 0 bridgehead atoms. The van der Waals surface area contributed by atoms with Crippen molar-refractivity contribution in [2.45, 2.75) is 218 Å². The molecule has 0 spiro atoms. The van der Waals surface area contributed by atoms with Crippen LogP contribution in [0.4, 0.5) is 0 Å². The molecule has 4 aliphatic carbocycles. The van der Waals surface area contributed by atoms with E-state index >= 15 is 0 Å². The van der Waals surface area contributed by atoms with Crippen molar-refractivity contribution in [3.63, 3.8) is 0 Å². The standard InChI is InChI=1S/C18H25N.C17H23N.C16H21N.C15H19N/c1-2-3-4-5-15-6-10-17(11-7-15)18-12-8-16(14-19)9-13-18;1-2-3-4-14-5-9-16(10-6-14)17-11-7-15(13-18)8-12-17;1-2-3-13-4-8-15(9-5-13)16-10-6-14(12-17)7-11-16;1-2-12-3-7-14(8-4-12)15-9-5-13(11-16)6-10-15/h8-9,12-13,15,17H,2-7,10-11H2,1H3;7-8,11-12,14,16H,2-6,9-10H2,1H3;6-7,10-11,13,15H,2-5,8-9H2,1H3;5-6,9-10,12,14H,2-4,7-8H2,1H3. The number of rotatable bonds is 14. The normalized spacial score (nSPS) is 23.9. The van der Waals surface area contributed by atoms with Gasteiger partial charge < -0.3 is 0 Å². The summed E-state index contributed by atoms with van der Waals surface area (Å²) in [4.78, 5) is 0. The second-order valence-electron chi connectivity index (χ2n) is 21.6. The molecule has 372 valence electrons. The molecular formula is C66H88N4. The maximum absolute atomic E-state index is 8.83. The Balaban J connectivity index is 0.000000174. The molecule has 4 saturated carbocycles. The fraction of sp³-hybridized carbons (Fsp3) is 0.576. The average Bonchev–Trinajstić information content (AvgIpc) is 3.44. The predicted molar refractivity (Wildman–Crippen MR) is 292 cm³/mol. The summed E-state index contributed by atoms with van der Waals surface area (Å²) in [5.74, 6) is 6.79. The number of nitrogens with zero attached hydrogens (tertiary/aromatic N) is 4. The highest BCUT2D eigenvalue weighted by atomic mass is 14.3. The van der Waals surface area contributed by atoms with Crippen LogP contribution in [0.5, 0.6) is 0 Å². The fourth-order valence-corrected chi connectivity index (χ4v) is 12.2. The zero-order valence-electron chi connectivity index (χ0n) is 44.0. The topological polar surface area (TPSA) is 95.2 Å². The van der Waals surface area contributed by atoms with Crippen LogP contribution in [0.2, 0.25) is 0 Å². The Morgan fingerprint density at radius 3 is 0.800 bits per heavy atom. The molecule has 0 aliphatic heterocycles. The van der Waals surface area contributed by atoms with E-state index in [0.717, 1.165) is 69.6 Å². The third-order valence-corrected chi connectivity index (χ3v) is 16.9. The Kier molecular flexibility index (Phi) is 25.4. The van der Waals surface area contributed by atoms with Gasteiger partial charge in [0.1, 0.15) is 0 Å². The van der Waals surface area contributed by atoms with Gasteiger partial charge in [0.25, 0.3) is 0 Å². The summed E-state index contributed by atoms with van der Waals surface area (Å²) in [5, 5.41) is 35.2. The van der Waals surface area contributed by atoms with Crippen LogP contribution < -0.4 is 0 Å². The van der Waals surface area contributed by atoms with E-state index in [-0.39, 0.29) is 0 Å². The van der Waals surface area contributed by atoms with Gasteiger partial charge in [0.05, 0.1) is 46.5 Å². The van der Waals surface area contributed by atoms with Crippen LogP contribution in [0.25, 0.3) is 0 Å². The maximum Gasteiger partial charge on any atom is 0.0991 e. The van der Waals surface area contributed by atoms with Crippen molar-refractivity contribution in [1.29, 1.82) is 21.0 Å². The van der Waals surface area contributed by atoms with Crippen LogP contribution in [-0.2, 0) is 0 Å². The van der Waals surface area contributed by atoms with Gasteiger partial charge in [0.2, 0.25) is 0 Å². The first-order chi connectivity index (χ1) is 34.3. The molecule has 0 atom stereocenters. The van der Waals surface area contributed by atoms with Crippen molar-refractivity contribution < 1.29 is 0 Å². The second kappa shape index (κ2) is 31.9. The number of benzene rings is 4. The monoisotopic (exact) mass is 937 g/mol. The van der Waals surface area contributed by atoms with Crippen molar-refractivity contribution in [3.8, 4) is 24.3 Å². The number of nitriles is 4. The first kappa shape index (κ1) is 55.8. The lowest BCUT2D eigenvalue weighted by atomic mass is 9.77. The second-order valence-corrected chi connectivity index (χ2v) is 21.6. The van der Waals surface area contributed by atoms with Crippen LogP contribution >= 0.6 is 0 Å². The van der Waals surface area contributed by atoms with Gasteiger partial charge in [-0.3, -0.25) is 0 Å². The van der Waals surface area contributed by atoms with Gasteiger partial charge in [0, 0.05) is 0 Å². The van der Waals surface area contributed by atoms with Gasteiger partial charge in [-0.15, -0.1) is 0 Å². The largest absolute Gasteiger partial charge is 0.192 e. The Hall–Kier alpha value is -5.16. The molecule has 0 heterocycles. The van der Waals surface area contributed by atoms with E-state index < -0.39 is 0 Å². The zero-order valence-corrected chi connectivity index (χ0v) is 44.0. The van der Waals surface area contributed by atoms with Gasteiger partial charge in [-0.1, -0.05) is 140 Å². The lowest BCUT2D eigenvalue weighted by Crippen LogP contribution is -2.13. The molecule has 4 aromatic rings. The highest BCUT2D eigenvalue weighted by Gasteiger charge is 2.25. The molecule has 0 aromatic heterocycles. The fourth-order valence-electron chi connectivity index (χ4n) is 12.2. The number of hydrogen-bond donors (Lipinski definition) is 0. The van der Waals surface area contributed by atoms with Crippen LogP contribution in [0.3, 0.4) is 0 Å². The minimum Gasteiger partial charge on any atom is -0.192 e. The molecule has 4 nitrogen and oxygen atoms in total. The Morgan fingerprint density at radius 1 is 0.300 bits per heavy atom. The van der Waals surface area contributed by atoms with Crippen molar-refractivity contribution >= 4 is 0 Å². The van der Waals surface area contributed by atoms with Crippen molar-refractivity contribution in [2.75, 3.05) is 0 Å². The molecule has 0 N–H and O–H groups in total. The molecule has 0 radical (unpaired) electrons. The lowest BCUT2D eigenvalue weighted by molar-refractivity contribution is 0.303. The quantitative estimate of drug-likeness (QED) is 0.118. The molecule has 8 rings (SSSR count). The molecule has 4 aromatic carbocycles. The highest BCUT2D eigenvalue weighted by molar-refractivity contribution is 5.36.